The highest BCUT2D eigenvalue weighted by atomic mass is 16.5. The van der Waals surface area contributed by atoms with Gasteiger partial charge in [-0.05, 0) is 30.7 Å². The molecular formula is C17H25NO3. The van der Waals surface area contributed by atoms with Crippen LogP contribution in [0.25, 0.3) is 0 Å². The minimum atomic E-state index is 0.471. The Bertz CT molecular complexity index is 471. The summed E-state index contributed by atoms with van der Waals surface area (Å²) in [5.74, 6) is 1.80. The normalized spacial score (nSPS) is 19.1. The molecule has 0 aromatic heterocycles. The van der Waals surface area contributed by atoms with Gasteiger partial charge in [-0.3, -0.25) is 0 Å². The molecule has 0 saturated heterocycles. The number of methoxy groups -OCH3 is 1. The summed E-state index contributed by atoms with van der Waals surface area (Å²) in [6, 6.07) is 6.16. The van der Waals surface area contributed by atoms with Crippen molar-refractivity contribution in [3.8, 4) is 11.5 Å². The van der Waals surface area contributed by atoms with Crippen molar-refractivity contribution in [3.63, 3.8) is 0 Å². The highest BCUT2D eigenvalue weighted by molar-refractivity contribution is 5.47. The van der Waals surface area contributed by atoms with E-state index in [2.05, 4.69) is 11.4 Å². The maximum Gasteiger partial charge on any atom is 0.165 e. The van der Waals surface area contributed by atoms with Gasteiger partial charge >= 0.3 is 0 Å². The number of fused-ring (bicyclic) bond motifs is 1. The lowest BCUT2D eigenvalue weighted by Gasteiger charge is -2.17. The molecule has 1 fully saturated rings. The van der Waals surface area contributed by atoms with Gasteiger partial charge in [0.1, 0.15) is 0 Å². The molecule has 21 heavy (non-hydrogen) atoms. The van der Waals surface area contributed by atoms with E-state index < -0.39 is 0 Å². The Labute approximate surface area is 126 Å². The highest BCUT2D eigenvalue weighted by Crippen LogP contribution is 2.48. The molecule has 1 aromatic carbocycles. The maximum absolute atomic E-state index is 5.86. The zero-order valence-corrected chi connectivity index (χ0v) is 12.8. The first kappa shape index (κ1) is 14.7. The van der Waals surface area contributed by atoms with Crippen LogP contribution in [0.4, 0.5) is 0 Å². The van der Waals surface area contributed by atoms with Crippen molar-refractivity contribution in [1.82, 2.24) is 5.32 Å². The summed E-state index contributed by atoms with van der Waals surface area (Å²) >= 11 is 0. The van der Waals surface area contributed by atoms with E-state index in [0.29, 0.717) is 5.41 Å². The van der Waals surface area contributed by atoms with Crippen LogP contribution in [0.15, 0.2) is 18.2 Å². The molecule has 1 aliphatic carbocycles. The number of hydrogen-bond acceptors (Lipinski definition) is 4. The molecule has 1 N–H and O–H groups in total. The van der Waals surface area contributed by atoms with Crippen LogP contribution in [-0.2, 0) is 11.3 Å². The van der Waals surface area contributed by atoms with Crippen LogP contribution in [-0.4, -0.2) is 33.5 Å². The van der Waals surface area contributed by atoms with Gasteiger partial charge in [-0.1, -0.05) is 12.1 Å². The van der Waals surface area contributed by atoms with E-state index >= 15 is 0 Å². The first-order valence-electron chi connectivity index (χ1n) is 7.90. The summed E-state index contributed by atoms with van der Waals surface area (Å²) < 4.78 is 16.8. The van der Waals surface area contributed by atoms with Crippen LogP contribution in [0.5, 0.6) is 11.5 Å². The summed E-state index contributed by atoms with van der Waals surface area (Å²) in [5.41, 5.74) is 1.66. The summed E-state index contributed by atoms with van der Waals surface area (Å²) in [6.45, 7) is 4.23. The second-order valence-corrected chi connectivity index (χ2v) is 6.14. The molecule has 0 unspecified atom stereocenters. The lowest BCUT2D eigenvalue weighted by molar-refractivity contribution is 0.171. The molecule has 0 amide bonds. The van der Waals surface area contributed by atoms with E-state index in [0.717, 1.165) is 57.3 Å². The average Bonchev–Trinajstić information content (AvgIpc) is 3.29. The van der Waals surface area contributed by atoms with Crippen LogP contribution in [0.1, 0.15) is 31.2 Å². The van der Waals surface area contributed by atoms with E-state index in [1.165, 1.54) is 18.4 Å². The van der Waals surface area contributed by atoms with Crippen LogP contribution in [0.2, 0.25) is 0 Å². The Hall–Kier alpha value is -1.26. The molecule has 4 nitrogen and oxygen atoms in total. The van der Waals surface area contributed by atoms with Gasteiger partial charge in [0.25, 0.3) is 0 Å². The number of ether oxygens (including phenoxy) is 3. The fraction of sp³-hybridized carbons (Fsp3) is 0.647. The van der Waals surface area contributed by atoms with Gasteiger partial charge in [0.2, 0.25) is 0 Å². The molecule has 4 heteroatoms. The number of para-hydroxylation sites is 1. The lowest BCUT2D eigenvalue weighted by Crippen LogP contribution is -2.24. The summed E-state index contributed by atoms with van der Waals surface area (Å²) in [5, 5.41) is 3.59. The average molecular weight is 291 g/mol. The molecular weight excluding hydrogens is 266 g/mol. The quantitative estimate of drug-likeness (QED) is 0.838. The SMILES string of the molecule is COCCC1(CNCc2cccc3c2OCCCO3)CC1. The third-order valence-electron chi connectivity index (χ3n) is 4.46. The molecule has 1 aliphatic heterocycles. The van der Waals surface area contributed by atoms with Crippen molar-refractivity contribution in [2.24, 2.45) is 5.41 Å². The Balaban J connectivity index is 1.56. The molecule has 1 heterocycles. The van der Waals surface area contributed by atoms with Gasteiger partial charge in [-0.15, -0.1) is 0 Å². The van der Waals surface area contributed by atoms with E-state index in [1.54, 1.807) is 7.11 Å². The molecule has 116 valence electrons. The number of rotatable bonds is 7. The molecule has 2 aliphatic rings. The van der Waals surface area contributed by atoms with Crippen LogP contribution in [0.3, 0.4) is 0 Å². The van der Waals surface area contributed by atoms with E-state index in [1.807, 2.05) is 12.1 Å². The first-order valence-corrected chi connectivity index (χ1v) is 7.90. The minimum Gasteiger partial charge on any atom is -0.490 e. The van der Waals surface area contributed by atoms with Crippen molar-refractivity contribution >= 4 is 0 Å². The third-order valence-corrected chi connectivity index (χ3v) is 4.46. The minimum absolute atomic E-state index is 0.471. The van der Waals surface area contributed by atoms with Crippen molar-refractivity contribution in [2.75, 3.05) is 33.5 Å². The molecule has 0 radical (unpaired) electrons. The van der Waals surface area contributed by atoms with Crippen LogP contribution >= 0.6 is 0 Å². The molecule has 0 bridgehead atoms. The molecule has 0 spiro atoms. The second-order valence-electron chi connectivity index (χ2n) is 6.14. The fourth-order valence-electron chi connectivity index (χ4n) is 2.87. The van der Waals surface area contributed by atoms with Gasteiger partial charge in [-0.25, -0.2) is 0 Å². The van der Waals surface area contributed by atoms with Crippen molar-refractivity contribution in [3.05, 3.63) is 23.8 Å². The Morgan fingerprint density at radius 1 is 1.24 bits per heavy atom. The molecule has 3 rings (SSSR count). The standard InChI is InChI=1S/C17H25NO3/c1-19-11-8-17(6-7-17)13-18-12-14-4-2-5-15-16(14)21-10-3-9-20-15/h2,4-5,18H,3,6-13H2,1H3. The number of hydrogen-bond donors (Lipinski definition) is 1. The molecule has 1 aromatic rings. The predicted molar refractivity (Wildman–Crippen MR) is 81.9 cm³/mol. The zero-order valence-electron chi connectivity index (χ0n) is 12.8. The zero-order chi connectivity index (χ0) is 14.5. The highest BCUT2D eigenvalue weighted by Gasteiger charge is 2.41. The summed E-state index contributed by atoms with van der Waals surface area (Å²) in [7, 11) is 1.78. The predicted octanol–water partition coefficient (Wildman–Crippen LogP) is 2.75. The van der Waals surface area contributed by atoms with Gasteiger partial charge in [-0.2, -0.15) is 0 Å². The lowest BCUT2D eigenvalue weighted by atomic mass is 10.0. The number of benzene rings is 1. The van der Waals surface area contributed by atoms with E-state index in [-0.39, 0.29) is 0 Å². The second kappa shape index (κ2) is 6.67. The van der Waals surface area contributed by atoms with Gasteiger partial charge in [0.15, 0.2) is 11.5 Å². The van der Waals surface area contributed by atoms with Crippen molar-refractivity contribution in [1.29, 1.82) is 0 Å². The first-order chi connectivity index (χ1) is 10.3. The van der Waals surface area contributed by atoms with Crippen molar-refractivity contribution < 1.29 is 14.2 Å². The van der Waals surface area contributed by atoms with Crippen LogP contribution in [0, 0.1) is 5.41 Å². The van der Waals surface area contributed by atoms with Gasteiger partial charge < -0.3 is 19.5 Å². The monoisotopic (exact) mass is 291 g/mol. The largest absolute Gasteiger partial charge is 0.490 e. The molecule has 0 atom stereocenters. The summed E-state index contributed by atoms with van der Waals surface area (Å²) in [4.78, 5) is 0. The Morgan fingerprint density at radius 3 is 2.90 bits per heavy atom. The Kier molecular flexibility index (Phi) is 4.66. The smallest absolute Gasteiger partial charge is 0.165 e. The molecule has 1 saturated carbocycles. The van der Waals surface area contributed by atoms with E-state index in [9.17, 15) is 0 Å². The van der Waals surface area contributed by atoms with Gasteiger partial charge in [0, 0.05) is 38.8 Å². The van der Waals surface area contributed by atoms with Gasteiger partial charge in [0.05, 0.1) is 13.2 Å². The van der Waals surface area contributed by atoms with E-state index in [4.69, 9.17) is 14.2 Å². The fourth-order valence-corrected chi connectivity index (χ4v) is 2.87. The number of nitrogens with one attached hydrogen (secondary N) is 1. The maximum atomic E-state index is 5.86. The third kappa shape index (κ3) is 3.69. The van der Waals surface area contributed by atoms with Crippen LogP contribution < -0.4 is 14.8 Å². The summed E-state index contributed by atoms with van der Waals surface area (Å²) in [6.07, 6.45) is 4.73. The van der Waals surface area contributed by atoms with Crippen molar-refractivity contribution in [2.45, 2.75) is 32.2 Å². The topological polar surface area (TPSA) is 39.7 Å². The Morgan fingerprint density at radius 2 is 2.10 bits per heavy atom.